The number of nitrogen functional groups attached to an aromatic ring is 1. The van der Waals surface area contributed by atoms with E-state index in [9.17, 15) is 4.79 Å². The van der Waals surface area contributed by atoms with Crippen LogP contribution in [0.4, 0.5) is 5.69 Å². The van der Waals surface area contributed by atoms with Gasteiger partial charge in [-0.15, -0.1) is 0 Å². The molecule has 0 aromatic heterocycles. The van der Waals surface area contributed by atoms with Crippen LogP contribution in [0.3, 0.4) is 0 Å². The third kappa shape index (κ3) is 1.80. The zero-order chi connectivity index (χ0) is 10.0. The molecule has 0 atom stereocenters. The van der Waals surface area contributed by atoms with Crippen molar-refractivity contribution in [3.63, 3.8) is 0 Å². The van der Waals surface area contributed by atoms with Gasteiger partial charge >= 0.3 is 5.97 Å². The molecule has 0 aliphatic heterocycles. The first kappa shape index (κ1) is 9.58. The maximum Gasteiger partial charge on any atom is 0.336 e. The van der Waals surface area contributed by atoms with Gasteiger partial charge in [0.25, 0.3) is 0 Å². The fourth-order valence-corrected chi connectivity index (χ4v) is 1.41. The molecule has 0 amide bonds. The number of hydrogen-bond acceptors (Lipinski definition) is 2. The lowest BCUT2D eigenvalue weighted by Gasteiger charge is -2.12. The Labute approximate surface area is 77.2 Å². The van der Waals surface area contributed by atoms with Crippen molar-refractivity contribution in [2.45, 2.75) is 19.8 Å². The molecule has 0 aliphatic rings. The maximum absolute atomic E-state index is 10.8. The van der Waals surface area contributed by atoms with Crippen molar-refractivity contribution in [3.05, 3.63) is 29.3 Å². The van der Waals surface area contributed by atoms with E-state index in [1.54, 1.807) is 18.2 Å². The number of benzene rings is 1. The van der Waals surface area contributed by atoms with Gasteiger partial charge in [0, 0.05) is 5.69 Å². The first-order chi connectivity index (χ1) is 6.04. The van der Waals surface area contributed by atoms with Crippen molar-refractivity contribution in [1.29, 1.82) is 0 Å². The number of nitrogens with two attached hydrogens (primary N) is 1. The van der Waals surface area contributed by atoms with Gasteiger partial charge in [-0.2, -0.15) is 0 Å². The Morgan fingerprint density at radius 3 is 2.46 bits per heavy atom. The predicted molar refractivity (Wildman–Crippen MR) is 51.9 cm³/mol. The number of rotatable bonds is 2. The molecular formula is C10H13NO2. The highest BCUT2D eigenvalue weighted by atomic mass is 16.4. The average molecular weight is 179 g/mol. The van der Waals surface area contributed by atoms with Gasteiger partial charge in [0.05, 0.1) is 5.56 Å². The van der Waals surface area contributed by atoms with Crippen molar-refractivity contribution < 1.29 is 9.90 Å². The summed E-state index contributed by atoms with van der Waals surface area (Å²) in [6.45, 7) is 3.86. The Kier molecular flexibility index (Phi) is 2.56. The Bertz CT molecular complexity index is 332. The van der Waals surface area contributed by atoms with Crippen molar-refractivity contribution in [2.75, 3.05) is 5.73 Å². The molecule has 1 aromatic rings. The lowest BCUT2D eigenvalue weighted by atomic mass is 9.95. The number of hydrogen-bond donors (Lipinski definition) is 2. The van der Waals surface area contributed by atoms with Crippen LogP contribution in [0, 0.1) is 0 Å². The minimum atomic E-state index is -0.920. The van der Waals surface area contributed by atoms with Gasteiger partial charge in [0.2, 0.25) is 0 Å². The molecule has 0 bridgehead atoms. The van der Waals surface area contributed by atoms with E-state index in [1.807, 2.05) is 13.8 Å². The first-order valence-electron chi connectivity index (χ1n) is 4.15. The molecule has 0 saturated carbocycles. The molecule has 0 spiro atoms. The fraction of sp³-hybridized carbons (Fsp3) is 0.300. The minimum Gasteiger partial charge on any atom is -0.478 e. The molecule has 0 unspecified atom stereocenters. The highest BCUT2D eigenvalue weighted by molar-refractivity contribution is 5.91. The second-order valence-electron chi connectivity index (χ2n) is 3.27. The van der Waals surface area contributed by atoms with Gasteiger partial charge in [0.15, 0.2) is 0 Å². The molecule has 0 saturated heterocycles. The zero-order valence-corrected chi connectivity index (χ0v) is 7.74. The quantitative estimate of drug-likeness (QED) is 0.683. The summed E-state index contributed by atoms with van der Waals surface area (Å²) in [5.74, 6) is -0.789. The normalized spacial score (nSPS) is 10.4. The molecule has 1 rings (SSSR count). The van der Waals surface area contributed by atoms with E-state index in [4.69, 9.17) is 10.8 Å². The number of carboxylic acids is 1. The van der Waals surface area contributed by atoms with Gasteiger partial charge < -0.3 is 10.8 Å². The summed E-state index contributed by atoms with van der Waals surface area (Å²) in [5.41, 5.74) is 7.27. The Morgan fingerprint density at radius 1 is 1.46 bits per heavy atom. The molecule has 1 aromatic carbocycles. The van der Waals surface area contributed by atoms with E-state index in [0.717, 1.165) is 5.56 Å². The van der Waals surface area contributed by atoms with Crippen LogP contribution in [0.5, 0.6) is 0 Å². The van der Waals surface area contributed by atoms with Crippen LogP contribution in [0.1, 0.15) is 35.7 Å². The number of carboxylic acid groups (broad SMARTS) is 1. The van der Waals surface area contributed by atoms with Crippen LogP contribution in [0.15, 0.2) is 18.2 Å². The molecule has 3 N–H and O–H groups in total. The van der Waals surface area contributed by atoms with Gasteiger partial charge in [-0.25, -0.2) is 4.79 Å². The Hall–Kier alpha value is -1.51. The highest BCUT2D eigenvalue weighted by Gasteiger charge is 2.14. The largest absolute Gasteiger partial charge is 0.478 e. The van der Waals surface area contributed by atoms with Crippen LogP contribution < -0.4 is 5.73 Å². The standard InChI is InChI=1S/C10H13NO2/c1-6(2)9-7(10(12)13)4-3-5-8(9)11/h3-6H,11H2,1-2H3,(H,12,13). The zero-order valence-electron chi connectivity index (χ0n) is 7.74. The second kappa shape index (κ2) is 3.47. The molecule has 70 valence electrons. The average Bonchev–Trinajstić information content (AvgIpc) is 2.02. The molecule has 0 fully saturated rings. The SMILES string of the molecule is CC(C)c1c(N)cccc1C(=O)O. The summed E-state index contributed by atoms with van der Waals surface area (Å²) in [7, 11) is 0. The van der Waals surface area contributed by atoms with Crippen molar-refractivity contribution in [2.24, 2.45) is 0 Å². The minimum absolute atomic E-state index is 0.132. The Morgan fingerprint density at radius 2 is 2.08 bits per heavy atom. The van der Waals surface area contributed by atoms with Crippen LogP contribution >= 0.6 is 0 Å². The van der Waals surface area contributed by atoms with Crippen molar-refractivity contribution in [3.8, 4) is 0 Å². The summed E-state index contributed by atoms with van der Waals surface area (Å²) in [4.78, 5) is 10.8. The summed E-state index contributed by atoms with van der Waals surface area (Å²) < 4.78 is 0. The molecule has 0 aliphatic carbocycles. The van der Waals surface area contributed by atoms with Crippen LogP contribution in [-0.2, 0) is 0 Å². The lowest BCUT2D eigenvalue weighted by molar-refractivity contribution is 0.0695. The van der Waals surface area contributed by atoms with Gasteiger partial charge in [-0.3, -0.25) is 0 Å². The van der Waals surface area contributed by atoms with E-state index in [-0.39, 0.29) is 5.92 Å². The van der Waals surface area contributed by atoms with Crippen LogP contribution in [0.25, 0.3) is 0 Å². The van der Waals surface area contributed by atoms with E-state index in [0.29, 0.717) is 11.3 Å². The van der Waals surface area contributed by atoms with E-state index < -0.39 is 5.97 Å². The van der Waals surface area contributed by atoms with E-state index in [2.05, 4.69) is 0 Å². The topological polar surface area (TPSA) is 63.3 Å². The number of anilines is 1. The molecule has 3 heteroatoms. The predicted octanol–water partition coefficient (Wildman–Crippen LogP) is 2.09. The monoisotopic (exact) mass is 179 g/mol. The van der Waals surface area contributed by atoms with E-state index in [1.165, 1.54) is 0 Å². The fourth-order valence-electron chi connectivity index (χ4n) is 1.41. The summed E-state index contributed by atoms with van der Waals surface area (Å²) >= 11 is 0. The van der Waals surface area contributed by atoms with Crippen molar-refractivity contribution in [1.82, 2.24) is 0 Å². The number of carbonyl (C=O) groups is 1. The maximum atomic E-state index is 10.8. The molecular weight excluding hydrogens is 166 g/mol. The molecule has 3 nitrogen and oxygen atoms in total. The summed E-state index contributed by atoms with van der Waals surface area (Å²) in [6, 6.07) is 4.96. The van der Waals surface area contributed by atoms with Gasteiger partial charge in [-0.05, 0) is 23.6 Å². The van der Waals surface area contributed by atoms with E-state index >= 15 is 0 Å². The number of aromatic carboxylic acids is 1. The Balaban J connectivity index is 3.34. The van der Waals surface area contributed by atoms with Crippen molar-refractivity contribution >= 4 is 11.7 Å². The summed E-state index contributed by atoms with van der Waals surface area (Å²) in [5, 5.41) is 8.88. The van der Waals surface area contributed by atoms with Crippen LogP contribution in [-0.4, -0.2) is 11.1 Å². The van der Waals surface area contributed by atoms with Gasteiger partial charge in [-0.1, -0.05) is 19.9 Å². The molecule has 0 radical (unpaired) electrons. The molecule has 0 heterocycles. The van der Waals surface area contributed by atoms with Crippen LogP contribution in [0.2, 0.25) is 0 Å². The van der Waals surface area contributed by atoms with Gasteiger partial charge in [0.1, 0.15) is 0 Å². The third-order valence-corrected chi connectivity index (χ3v) is 1.95. The highest BCUT2D eigenvalue weighted by Crippen LogP contribution is 2.25. The third-order valence-electron chi connectivity index (χ3n) is 1.95. The smallest absolute Gasteiger partial charge is 0.336 e. The lowest BCUT2D eigenvalue weighted by Crippen LogP contribution is -2.06. The second-order valence-corrected chi connectivity index (χ2v) is 3.27. The summed E-state index contributed by atoms with van der Waals surface area (Å²) in [6.07, 6.45) is 0. The molecule has 13 heavy (non-hydrogen) atoms. The first-order valence-corrected chi connectivity index (χ1v) is 4.15.